The molecule has 0 atom stereocenters. The highest BCUT2D eigenvalue weighted by Gasteiger charge is 2.17. The third kappa shape index (κ3) is 2.39. The van der Waals surface area contributed by atoms with E-state index in [9.17, 15) is 8.42 Å². The Kier molecular flexibility index (Phi) is 3.01. The molecule has 0 saturated carbocycles. The summed E-state index contributed by atoms with van der Waals surface area (Å²) in [6.07, 6.45) is 2.54. The van der Waals surface area contributed by atoms with Gasteiger partial charge in [-0.2, -0.15) is 8.42 Å². The molecule has 17 heavy (non-hydrogen) atoms. The second kappa shape index (κ2) is 4.46. The maximum atomic E-state index is 11.9. The van der Waals surface area contributed by atoms with Gasteiger partial charge in [0.25, 0.3) is 10.0 Å². The fourth-order valence-corrected chi connectivity index (χ4v) is 2.29. The van der Waals surface area contributed by atoms with Crippen LogP contribution in [0.3, 0.4) is 0 Å². The van der Waals surface area contributed by atoms with Crippen LogP contribution in [0.4, 0.5) is 5.69 Å². The largest absolute Gasteiger partial charge is 0.495 e. The summed E-state index contributed by atoms with van der Waals surface area (Å²) in [4.78, 5) is 6.20. The molecule has 90 valence electrons. The normalized spacial score (nSPS) is 11.1. The van der Waals surface area contributed by atoms with E-state index in [0.717, 1.165) is 0 Å². The minimum absolute atomic E-state index is 0.00315. The Bertz CT molecular complexity index is 593. The number of rotatable bonds is 4. The number of sulfonamides is 1. The van der Waals surface area contributed by atoms with E-state index in [0.29, 0.717) is 11.4 Å². The first-order valence-corrected chi connectivity index (χ1v) is 6.26. The molecule has 2 aromatic rings. The van der Waals surface area contributed by atoms with Gasteiger partial charge in [-0.3, -0.25) is 4.72 Å². The molecule has 1 aromatic heterocycles. The predicted molar refractivity (Wildman–Crippen MR) is 62.4 cm³/mol. The van der Waals surface area contributed by atoms with E-state index in [2.05, 4.69) is 14.7 Å². The van der Waals surface area contributed by atoms with Gasteiger partial charge < -0.3 is 9.72 Å². The van der Waals surface area contributed by atoms with Crippen molar-refractivity contribution >= 4 is 15.7 Å². The van der Waals surface area contributed by atoms with Crippen LogP contribution in [0.5, 0.6) is 5.75 Å². The lowest BCUT2D eigenvalue weighted by Crippen LogP contribution is -2.13. The van der Waals surface area contributed by atoms with Gasteiger partial charge in [0.2, 0.25) is 0 Å². The van der Waals surface area contributed by atoms with Crippen LogP contribution in [-0.2, 0) is 10.0 Å². The first kappa shape index (κ1) is 11.5. The van der Waals surface area contributed by atoms with Gasteiger partial charge in [0, 0.05) is 0 Å². The van der Waals surface area contributed by atoms with Gasteiger partial charge in [-0.15, -0.1) is 0 Å². The minimum Gasteiger partial charge on any atom is -0.495 e. The van der Waals surface area contributed by atoms with Crippen LogP contribution in [-0.4, -0.2) is 25.5 Å². The Labute approximate surface area is 98.7 Å². The number of benzene rings is 1. The monoisotopic (exact) mass is 253 g/mol. The van der Waals surface area contributed by atoms with Gasteiger partial charge in [0.15, 0.2) is 5.03 Å². The number of nitrogens with zero attached hydrogens (tertiary/aromatic N) is 1. The second-order valence-corrected chi connectivity index (χ2v) is 4.87. The van der Waals surface area contributed by atoms with Gasteiger partial charge in [-0.1, -0.05) is 12.1 Å². The summed E-state index contributed by atoms with van der Waals surface area (Å²) in [6.45, 7) is 0. The van der Waals surface area contributed by atoms with Gasteiger partial charge >= 0.3 is 0 Å². The van der Waals surface area contributed by atoms with Crippen molar-refractivity contribution in [3.05, 3.63) is 36.8 Å². The first-order valence-electron chi connectivity index (χ1n) is 4.78. The third-order valence-electron chi connectivity index (χ3n) is 2.11. The Morgan fingerprint density at radius 1 is 1.35 bits per heavy atom. The van der Waals surface area contributed by atoms with Crippen LogP contribution in [0.2, 0.25) is 0 Å². The molecule has 0 aliphatic heterocycles. The lowest BCUT2D eigenvalue weighted by Gasteiger charge is -2.10. The fraction of sp³-hybridized carbons (Fsp3) is 0.100. The number of imidazole rings is 1. The van der Waals surface area contributed by atoms with Crippen molar-refractivity contribution in [3.8, 4) is 5.75 Å². The zero-order valence-electron chi connectivity index (χ0n) is 9.04. The summed E-state index contributed by atoms with van der Waals surface area (Å²) in [6, 6.07) is 6.76. The van der Waals surface area contributed by atoms with Crippen molar-refractivity contribution in [2.24, 2.45) is 0 Å². The molecule has 2 N–H and O–H groups in total. The summed E-state index contributed by atoms with van der Waals surface area (Å²) >= 11 is 0. The van der Waals surface area contributed by atoms with E-state index in [-0.39, 0.29) is 5.03 Å². The molecule has 0 unspecified atom stereocenters. The smallest absolute Gasteiger partial charge is 0.279 e. The lowest BCUT2D eigenvalue weighted by molar-refractivity contribution is 0.417. The van der Waals surface area contributed by atoms with Crippen LogP contribution in [0.25, 0.3) is 0 Å². The molecule has 2 rings (SSSR count). The van der Waals surface area contributed by atoms with Gasteiger partial charge in [0.1, 0.15) is 5.75 Å². The molecule has 0 aliphatic rings. The SMILES string of the molecule is COc1ccccc1NS(=O)(=O)c1cnc[nH]1. The van der Waals surface area contributed by atoms with Crippen LogP contribution in [0, 0.1) is 0 Å². The topological polar surface area (TPSA) is 84.1 Å². The van der Waals surface area contributed by atoms with Crippen molar-refractivity contribution in [2.75, 3.05) is 11.8 Å². The molecular weight excluding hydrogens is 242 g/mol. The highest BCUT2D eigenvalue weighted by molar-refractivity contribution is 7.92. The molecular formula is C10H11N3O3S. The number of ether oxygens (including phenoxy) is 1. The number of anilines is 1. The second-order valence-electron chi connectivity index (χ2n) is 3.22. The van der Waals surface area contributed by atoms with Gasteiger partial charge in [-0.05, 0) is 12.1 Å². The number of nitrogens with one attached hydrogen (secondary N) is 2. The molecule has 7 heteroatoms. The minimum atomic E-state index is -3.65. The Hall–Kier alpha value is -2.02. The third-order valence-corrected chi connectivity index (χ3v) is 3.40. The summed E-state index contributed by atoms with van der Waals surface area (Å²) in [5.41, 5.74) is 0.379. The molecule has 1 aromatic carbocycles. The highest BCUT2D eigenvalue weighted by atomic mass is 32.2. The molecule has 0 spiro atoms. The standard InChI is InChI=1S/C10H11N3O3S/c1-16-9-5-3-2-4-8(9)13-17(14,15)10-6-11-7-12-10/h2-7,13H,1H3,(H,11,12). The zero-order chi connectivity index (χ0) is 12.3. The number of para-hydroxylation sites is 2. The number of aromatic nitrogens is 2. The van der Waals surface area contributed by atoms with E-state index in [1.165, 1.54) is 19.6 Å². The van der Waals surface area contributed by atoms with E-state index >= 15 is 0 Å². The van der Waals surface area contributed by atoms with Crippen molar-refractivity contribution in [2.45, 2.75) is 5.03 Å². The fourth-order valence-electron chi connectivity index (χ4n) is 1.32. The zero-order valence-corrected chi connectivity index (χ0v) is 9.86. The lowest BCUT2D eigenvalue weighted by atomic mass is 10.3. The van der Waals surface area contributed by atoms with Crippen molar-refractivity contribution in [1.29, 1.82) is 0 Å². The molecule has 0 fully saturated rings. The Morgan fingerprint density at radius 2 is 2.12 bits per heavy atom. The molecule has 0 radical (unpaired) electrons. The predicted octanol–water partition coefficient (Wildman–Crippen LogP) is 1.22. The van der Waals surface area contributed by atoms with E-state index < -0.39 is 10.0 Å². The van der Waals surface area contributed by atoms with Crippen LogP contribution in [0.15, 0.2) is 41.8 Å². The average molecular weight is 253 g/mol. The Morgan fingerprint density at radius 3 is 2.76 bits per heavy atom. The number of H-pyrrole nitrogens is 1. The first-order chi connectivity index (χ1) is 8.13. The van der Waals surface area contributed by atoms with Gasteiger partial charge in [0.05, 0.1) is 25.3 Å². The number of methoxy groups -OCH3 is 1. The summed E-state index contributed by atoms with van der Waals surface area (Å²) < 4.78 is 31.3. The molecule has 6 nitrogen and oxygen atoms in total. The highest BCUT2D eigenvalue weighted by Crippen LogP contribution is 2.25. The number of hydrogen-bond acceptors (Lipinski definition) is 4. The Balaban J connectivity index is 2.33. The molecule has 1 heterocycles. The van der Waals surface area contributed by atoms with Crippen LogP contribution in [0.1, 0.15) is 0 Å². The van der Waals surface area contributed by atoms with Crippen molar-refractivity contribution < 1.29 is 13.2 Å². The van der Waals surface area contributed by atoms with Gasteiger partial charge in [-0.25, -0.2) is 4.98 Å². The van der Waals surface area contributed by atoms with Crippen molar-refractivity contribution in [3.63, 3.8) is 0 Å². The number of hydrogen-bond donors (Lipinski definition) is 2. The molecule has 0 saturated heterocycles. The average Bonchev–Trinajstić information content (AvgIpc) is 2.83. The molecule has 0 amide bonds. The molecule has 0 bridgehead atoms. The quantitative estimate of drug-likeness (QED) is 0.858. The van der Waals surface area contributed by atoms with E-state index in [4.69, 9.17) is 4.74 Å². The van der Waals surface area contributed by atoms with E-state index in [1.54, 1.807) is 24.3 Å². The van der Waals surface area contributed by atoms with E-state index in [1.807, 2.05) is 0 Å². The van der Waals surface area contributed by atoms with Crippen molar-refractivity contribution in [1.82, 2.24) is 9.97 Å². The van der Waals surface area contributed by atoms with Crippen LogP contribution < -0.4 is 9.46 Å². The van der Waals surface area contributed by atoms with Crippen LogP contribution >= 0.6 is 0 Å². The summed E-state index contributed by atoms with van der Waals surface area (Å²) in [5, 5.41) is 0.00315. The maximum Gasteiger partial charge on any atom is 0.279 e. The maximum absolute atomic E-state index is 11.9. The summed E-state index contributed by atoms with van der Waals surface area (Å²) in [5.74, 6) is 0.454. The number of aromatic amines is 1. The summed E-state index contributed by atoms with van der Waals surface area (Å²) in [7, 11) is -2.18. The molecule has 0 aliphatic carbocycles.